The molecular formula is C14H25FN2O4. The first-order valence-corrected chi connectivity index (χ1v) is 6.67. The summed E-state index contributed by atoms with van der Waals surface area (Å²) in [6.07, 6.45) is -0.195. The molecule has 0 aromatic heterocycles. The highest BCUT2D eigenvalue weighted by molar-refractivity contribution is 5.68. The lowest BCUT2D eigenvalue weighted by Gasteiger charge is -2.19. The molecule has 0 spiro atoms. The second-order valence-corrected chi connectivity index (χ2v) is 6.39. The van der Waals surface area contributed by atoms with Crippen LogP contribution in [0.4, 0.5) is 14.0 Å². The molecular weight excluding hydrogens is 279 g/mol. The maximum Gasteiger partial charge on any atom is 0.408 e. The molecule has 0 saturated heterocycles. The Morgan fingerprint density at radius 1 is 0.952 bits per heavy atom. The number of amides is 2. The van der Waals surface area contributed by atoms with Crippen LogP contribution in [0.2, 0.25) is 0 Å². The summed E-state index contributed by atoms with van der Waals surface area (Å²) in [4.78, 5) is 22.6. The maximum atomic E-state index is 13.4. The van der Waals surface area contributed by atoms with Crippen molar-refractivity contribution in [3.63, 3.8) is 0 Å². The minimum absolute atomic E-state index is 0.0310. The highest BCUT2D eigenvalue weighted by Crippen LogP contribution is 2.07. The summed E-state index contributed by atoms with van der Waals surface area (Å²) in [6.45, 7) is 9.99. The van der Waals surface area contributed by atoms with Gasteiger partial charge in [-0.05, 0) is 47.6 Å². The van der Waals surface area contributed by atoms with Gasteiger partial charge in [0.1, 0.15) is 17.0 Å². The first-order chi connectivity index (χ1) is 9.39. The van der Waals surface area contributed by atoms with E-state index in [-0.39, 0.29) is 13.1 Å². The Hall–Kier alpha value is -1.79. The average Bonchev–Trinajstić information content (AvgIpc) is 2.21. The van der Waals surface area contributed by atoms with Gasteiger partial charge in [-0.15, -0.1) is 0 Å². The largest absolute Gasteiger partial charge is 0.444 e. The number of halogens is 1. The van der Waals surface area contributed by atoms with Crippen LogP contribution in [-0.2, 0) is 9.47 Å². The summed E-state index contributed by atoms with van der Waals surface area (Å²) >= 11 is 0. The fourth-order valence-electron chi connectivity index (χ4n) is 1.10. The van der Waals surface area contributed by atoms with Crippen molar-refractivity contribution in [2.75, 3.05) is 13.1 Å². The lowest BCUT2D eigenvalue weighted by molar-refractivity contribution is 0.0517. The van der Waals surface area contributed by atoms with Gasteiger partial charge in [0.2, 0.25) is 0 Å². The summed E-state index contributed by atoms with van der Waals surface area (Å²) in [5, 5.41) is 4.64. The molecule has 0 atom stereocenters. The van der Waals surface area contributed by atoms with Gasteiger partial charge in [-0.25, -0.2) is 14.0 Å². The molecule has 0 fully saturated rings. The second-order valence-electron chi connectivity index (χ2n) is 6.39. The number of ether oxygens (including phenoxy) is 2. The lowest BCUT2D eigenvalue weighted by atomic mass is 10.2. The molecule has 0 saturated carbocycles. The summed E-state index contributed by atoms with van der Waals surface area (Å²) in [7, 11) is 0. The molecule has 0 rings (SSSR count). The van der Waals surface area contributed by atoms with Crippen molar-refractivity contribution in [3.8, 4) is 0 Å². The zero-order chi connectivity index (χ0) is 16.7. The van der Waals surface area contributed by atoms with Crippen LogP contribution in [0, 0.1) is 0 Å². The Morgan fingerprint density at radius 2 is 1.38 bits per heavy atom. The quantitative estimate of drug-likeness (QED) is 0.837. The van der Waals surface area contributed by atoms with Crippen molar-refractivity contribution in [1.29, 1.82) is 0 Å². The van der Waals surface area contributed by atoms with Crippen LogP contribution in [0.1, 0.15) is 41.5 Å². The predicted molar refractivity (Wildman–Crippen MR) is 77.7 cm³/mol. The van der Waals surface area contributed by atoms with E-state index in [2.05, 4.69) is 10.6 Å². The zero-order valence-corrected chi connectivity index (χ0v) is 13.5. The van der Waals surface area contributed by atoms with E-state index < -0.39 is 29.2 Å². The molecule has 2 amide bonds. The van der Waals surface area contributed by atoms with E-state index in [1.165, 1.54) is 0 Å². The molecule has 0 radical (unpaired) electrons. The first kappa shape index (κ1) is 19.2. The molecule has 0 unspecified atom stereocenters. The third-order valence-corrected chi connectivity index (χ3v) is 1.77. The van der Waals surface area contributed by atoms with Gasteiger partial charge in [0.05, 0.1) is 6.54 Å². The molecule has 21 heavy (non-hydrogen) atoms. The maximum absolute atomic E-state index is 13.4. The highest BCUT2D eigenvalue weighted by atomic mass is 19.1. The minimum atomic E-state index is -0.703. The number of nitrogens with one attached hydrogen (secondary N) is 2. The summed E-state index contributed by atoms with van der Waals surface area (Å²) in [6, 6.07) is 0. The predicted octanol–water partition coefficient (Wildman–Crippen LogP) is 2.89. The van der Waals surface area contributed by atoms with Gasteiger partial charge in [0.15, 0.2) is 0 Å². The monoisotopic (exact) mass is 304 g/mol. The normalized spacial score (nSPS) is 12.6. The van der Waals surface area contributed by atoms with Crippen molar-refractivity contribution in [2.24, 2.45) is 0 Å². The van der Waals surface area contributed by atoms with E-state index in [4.69, 9.17) is 9.47 Å². The highest BCUT2D eigenvalue weighted by Gasteiger charge is 2.16. The van der Waals surface area contributed by atoms with Gasteiger partial charge >= 0.3 is 12.2 Å². The Morgan fingerprint density at radius 3 is 1.81 bits per heavy atom. The van der Waals surface area contributed by atoms with Crippen LogP contribution in [0.3, 0.4) is 0 Å². The van der Waals surface area contributed by atoms with Crippen LogP contribution in [0.15, 0.2) is 11.9 Å². The number of rotatable bonds is 4. The second kappa shape index (κ2) is 7.85. The molecule has 0 aliphatic carbocycles. The van der Waals surface area contributed by atoms with Crippen LogP contribution in [0.25, 0.3) is 0 Å². The van der Waals surface area contributed by atoms with Crippen LogP contribution in [0.5, 0.6) is 0 Å². The van der Waals surface area contributed by atoms with E-state index in [1.54, 1.807) is 41.5 Å². The first-order valence-electron chi connectivity index (χ1n) is 6.67. The fourth-order valence-corrected chi connectivity index (χ4v) is 1.10. The smallest absolute Gasteiger partial charge is 0.408 e. The third kappa shape index (κ3) is 13.0. The zero-order valence-electron chi connectivity index (χ0n) is 13.5. The van der Waals surface area contributed by atoms with E-state index in [0.717, 1.165) is 6.08 Å². The van der Waals surface area contributed by atoms with Gasteiger partial charge in [-0.1, -0.05) is 0 Å². The van der Waals surface area contributed by atoms with Crippen LogP contribution < -0.4 is 10.6 Å². The SMILES string of the molecule is CC(C)(C)OC(=O)NC/C=C(/F)CNC(=O)OC(C)(C)C. The van der Waals surface area contributed by atoms with Crippen molar-refractivity contribution >= 4 is 12.2 Å². The van der Waals surface area contributed by atoms with Crippen LogP contribution in [-0.4, -0.2) is 36.5 Å². The lowest BCUT2D eigenvalue weighted by Crippen LogP contribution is -2.34. The van der Waals surface area contributed by atoms with Gasteiger partial charge < -0.3 is 20.1 Å². The number of hydrogen-bond acceptors (Lipinski definition) is 4. The van der Waals surface area contributed by atoms with Crippen molar-refractivity contribution in [2.45, 2.75) is 52.7 Å². The standard InChI is InChI=1S/C14H25FN2O4/c1-13(2,3)20-11(18)16-8-7-10(15)9-17-12(19)21-14(4,5)6/h7H,8-9H2,1-6H3,(H,16,18)(H,17,19)/b10-7+. The molecule has 0 bridgehead atoms. The number of carbonyl (C=O) groups is 2. The van der Waals surface area contributed by atoms with E-state index in [1.807, 2.05) is 0 Å². The number of carbonyl (C=O) groups excluding carboxylic acids is 2. The Bertz CT molecular complexity index is 395. The van der Waals surface area contributed by atoms with Gasteiger partial charge in [0.25, 0.3) is 0 Å². The van der Waals surface area contributed by atoms with Gasteiger partial charge in [0, 0.05) is 6.54 Å². The van der Waals surface area contributed by atoms with Crippen molar-refractivity contribution in [3.05, 3.63) is 11.9 Å². The number of hydrogen-bond donors (Lipinski definition) is 2. The third-order valence-electron chi connectivity index (χ3n) is 1.77. The average molecular weight is 304 g/mol. The Labute approximate surface area is 125 Å². The summed E-state index contributed by atoms with van der Waals surface area (Å²) < 4.78 is 23.3. The molecule has 0 heterocycles. The van der Waals surface area contributed by atoms with E-state index in [9.17, 15) is 14.0 Å². The molecule has 0 aliphatic rings. The topological polar surface area (TPSA) is 76.7 Å². The van der Waals surface area contributed by atoms with Crippen molar-refractivity contribution in [1.82, 2.24) is 10.6 Å². The molecule has 6 nitrogen and oxygen atoms in total. The fraction of sp³-hybridized carbons (Fsp3) is 0.714. The van der Waals surface area contributed by atoms with E-state index >= 15 is 0 Å². The van der Waals surface area contributed by atoms with Crippen LogP contribution >= 0.6 is 0 Å². The summed E-state index contributed by atoms with van der Waals surface area (Å²) in [5.41, 5.74) is -1.24. The van der Waals surface area contributed by atoms with Gasteiger partial charge in [-0.2, -0.15) is 0 Å². The molecule has 0 aromatic rings. The Kier molecular flexibility index (Phi) is 7.18. The van der Waals surface area contributed by atoms with Crippen molar-refractivity contribution < 1.29 is 23.5 Å². The number of alkyl carbamates (subject to hydrolysis) is 2. The molecule has 7 heteroatoms. The van der Waals surface area contributed by atoms with E-state index in [0.29, 0.717) is 0 Å². The molecule has 122 valence electrons. The Balaban J connectivity index is 4.00. The minimum Gasteiger partial charge on any atom is -0.444 e. The molecule has 0 aliphatic heterocycles. The molecule has 0 aromatic carbocycles. The summed E-state index contributed by atoms with van der Waals surface area (Å²) in [5.74, 6) is -0.586. The van der Waals surface area contributed by atoms with Gasteiger partial charge in [-0.3, -0.25) is 0 Å². The molecule has 2 N–H and O–H groups in total.